The van der Waals surface area contributed by atoms with Crippen LogP contribution in [0.15, 0.2) is 243 Å². The molecular weight excluding hydrogens is 901 g/mol. The molecule has 0 aliphatic heterocycles. The fourth-order valence-corrected chi connectivity index (χ4v) is 11.9. The van der Waals surface area contributed by atoms with Crippen LogP contribution in [-0.4, -0.2) is 18.3 Å². The molecule has 6 heteroatoms. The van der Waals surface area contributed by atoms with Gasteiger partial charge in [-0.05, 0) is 131 Å². The van der Waals surface area contributed by atoms with Gasteiger partial charge >= 0.3 is 0 Å². The smallest absolute Gasteiger partial charge is 0.206 e. The molecule has 74 heavy (non-hydrogen) atoms. The minimum absolute atomic E-state index is 0.309. The highest BCUT2D eigenvalue weighted by atomic mass is 15.1. The van der Waals surface area contributed by atoms with Gasteiger partial charge in [-0.25, -0.2) is 4.85 Å². The average Bonchev–Trinajstić information content (AvgIpc) is 4.23. The van der Waals surface area contributed by atoms with Crippen molar-refractivity contribution in [3.63, 3.8) is 0 Å². The van der Waals surface area contributed by atoms with Gasteiger partial charge in [-0.2, -0.15) is 5.26 Å². The quantitative estimate of drug-likeness (QED) is 0.153. The highest BCUT2D eigenvalue weighted by molar-refractivity contribution is 6.15. The SMILES string of the molecule is [C-]#[N+]c1cc(-n2c3ccccc3c3cc(-c4ccc5c(c4)c4ccccc4n5-c4ccccc4)ccc32)c(-n2c3ccccc3c3cc(-c4ccc5c(c4)c4ccccc4n5-c4ccccc4)ccc32)cc1C#N. The Morgan fingerprint density at radius 1 is 0.297 bits per heavy atom. The first kappa shape index (κ1) is 41.4. The van der Waals surface area contributed by atoms with Crippen molar-refractivity contribution in [2.24, 2.45) is 0 Å². The van der Waals surface area contributed by atoms with Crippen molar-refractivity contribution < 1.29 is 0 Å². The molecule has 0 radical (unpaired) electrons. The standard InChI is InChI=1S/C68H40N6/c1-70-58-41-68(74-62-27-15-11-23-53(62)57-39-46(31-35-66(57)74)44-29-33-64-55(37-44)51-21-9-13-25-60(51)72(64)49-18-6-3-7-19-49)67(40-47(58)42-69)73-61-26-14-10-22-52(61)56-38-45(30-34-65(56)73)43-28-32-63-54(36-43)50-20-8-12-24-59(50)71(63)48-16-4-2-5-17-48/h2-41H. The fraction of sp³-hybridized carbons (Fsp3) is 0. The molecule has 11 aromatic carbocycles. The molecule has 0 amide bonds. The highest BCUT2D eigenvalue weighted by Crippen LogP contribution is 2.44. The Morgan fingerprint density at radius 3 is 0.946 bits per heavy atom. The molecule has 0 unspecified atom stereocenters. The number of para-hydroxylation sites is 6. The van der Waals surface area contributed by atoms with E-state index in [1.807, 2.05) is 12.1 Å². The summed E-state index contributed by atoms with van der Waals surface area (Å²) in [5, 5.41) is 19.9. The second-order valence-corrected chi connectivity index (χ2v) is 19.1. The third-order valence-electron chi connectivity index (χ3n) is 15.2. The predicted octanol–water partition coefficient (Wildman–Crippen LogP) is 17.8. The number of aromatic nitrogens is 4. The predicted molar refractivity (Wildman–Crippen MR) is 306 cm³/mol. The highest BCUT2D eigenvalue weighted by Gasteiger charge is 2.23. The van der Waals surface area contributed by atoms with E-state index in [9.17, 15) is 5.26 Å². The first-order valence-electron chi connectivity index (χ1n) is 24.8. The van der Waals surface area contributed by atoms with Crippen molar-refractivity contribution in [2.45, 2.75) is 0 Å². The van der Waals surface area contributed by atoms with E-state index in [0.29, 0.717) is 11.3 Å². The maximum absolute atomic E-state index is 10.6. The topological polar surface area (TPSA) is 47.9 Å². The number of hydrogen-bond acceptors (Lipinski definition) is 1. The molecule has 15 rings (SSSR count). The van der Waals surface area contributed by atoms with Crippen molar-refractivity contribution >= 4 is 92.9 Å². The maximum atomic E-state index is 10.6. The van der Waals surface area contributed by atoms with Crippen molar-refractivity contribution in [1.29, 1.82) is 5.26 Å². The summed E-state index contributed by atoms with van der Waals surface area (Å²) < 4.78 is 9.26. The van der Waals surface area contributed by atoms with Gasteiger partial charge in [-0.1, -0.05) is 133 Å². The monoisotopic (exact) mass is 940 g/mol. The lowest BCUT2D eigenvalue weighted by atomic mass is 10.0. The van der Waals surface area contributed by atoms with Crippen LogP contribution in [0.4, 0.5) is 5.69 Å². The molecule has 0 spiro atoms. The Bertz CT molecular complexity index is 4600. The van der Waals surface area contributed by atoms with Crippen molar-refractivity contribution in [3.8, 4) is 51.1 Å². The van der Waals surface area contributed by atoms with Crippen LogP contribution >= 0.6 is 0 Å². The Hall–Kier alpha value is -10.4. The Balaban J connectivity index is 0.914. The third kappa shape index (κ3) is 6.04. The summed E-state index contributed by atoms with van der Waals surface area (Å²) in [5.74, 6) is 0. The normalized spacial score (nSPS) is 11.8. The molecule has 0 N–H and O–H groups in total. The molecule has 4 aromatic heterocycles. The zero-order valence-electron chi connectivity index (χ0n) is 39.8. The van der Waals surface area contributed by atoms with E-state index in [0.717, 1.165) is 99.6 Å². The van der Waals surface area contributed by atoms with Gasteiger partial charge in [0.05, 0.1) is 73.7 Å². The lowest BCUT2D eigenvalue weighted by molar-refractivity contribution is 1.09. The van der Waals surface area contributed by atoms with Gasteiger partial charge in [0.15, 0.2) is 0 Å². The summed E-state index contributed by atoms with van der Waals surface area (Å²) in [6.07, 6.45) is 0. The minimum atomic E-state index is 0.309. The minimum Gasteiger partial charge on any atom is -0.309 e. The third-order valence-corrected chi connectivity index (χ3v) is 15.2. The molecular formula is C68H40N6. The summed E-state index contributed by atoms with van der Waals surface area (Å²) in [5.41, 5.74) is 17.7. The van der Waals surface area contributed by atoms with Crippen LogP contribution in [0.1, 0.15) is 5.56 Å². The van der Waals surface area contributed by atoms with Gasteiger partial charge in [-0.3, -0.25) is 0 Å². The number of rotatable bonds is 6. The molecule has 0 fully saturated rings. The Kier molecular flexibility index (Phi) is 8.99. The van der Waals surface area contributed by atoms with Gasteiger partial charge in [-0.15, -0.1) is 0 Å². The molecule has 6 nitrogen and oxygen atoms in total. The second kappa shape index (κ2) is 16.1. The van der Waals surface area contributed by atoms with Gasteiger partial charge < -0.3 is 18.3 Å². The molecule has 0 aliphatic carbocycles. The Labute approximate surface area is 425 Å². The van der Waals surface area contributed by atoms with Gasteiger partial charge in [0.25, 0.3) is 0 Å². The van der Waals surface area contributed by atoms with E-state index < -0.39 is 0 Å². The van der Waals surface area contributed by atoms with Crippen molar-refractivity contribution in [1.82, 2.24) is 18.3 Å². The van der Waals surface area contributed by atoms with Crippen LogP contribution in [0.2, 0.25) is 0 Å². The van der Waals surface area contributed by atoms with E-state index in [4.69, 9.17) is 6.57 Å². The Morgan fingerprint density at radius 2 is 0.595 bits per heavy atom. The number of benzene rings is 11. The van der Waals surface area contributed by atoms with Crippen molar-refractivity contribution in [2.75, 3.05) is 0 Å². The van der Waals surface area contributed by atoms with Crippen LogP contribution in [0.25, 0.3) is 137 Å². The summed E-state index contributed by atoms with van der Waals surface area (Å²) >= 11 is 0. The molecule has 4 heterocycles. The lowest BCUT2D eigenvalue weighted by Gasteiger charge is -2.18. The second-order valence-electron chi connectivity index (χ2n) is 19.1. The van der Waals surface area contributed by atoms with E-state index in [-0.39, 0.29) is 0 Å². The van der Waals surface area contributed by atoms with Crippen LogP contribution in [-0.2, 0) is 0 Å². The molecule has 0 saturated heterocycles. The van der Waals surface area contributed by atoms with E-state index in [2.05, 4.69) is 260 Å². The summed E-state index contributed by atoms with van der Waals surface area (Å²) in [6, 6.07) is 88.7. The van der Waals surface area contributed by atoms with Crippen molar-refractivity contribution in [3.05, 3.63) is 260 Å². The van der Waals surface area contributed by atoms with Gasteiger partial charge in [0, 0.05) is 54.5 Å². The molecule has 0 bridgehead atoms. The summed E-state index contributed by atoms with van der Waals surface area (Å²) in [7, 11) is 0. The lowest BCUT2D eigenvalue weighted by Crippen LogP contribution is -2.04. The number of nitriles is 1. The molecule has 0 saturated carbocycles. The van der Waals surface area contributed by atoms with Crippen LogP contribution < -0.4 is 0 Å². The first-order valence-corrected chi connectivity index (χ1v) is 24.8. The summed E-state index contributed by atoms with van der Waals surface area (Å²) in [6.45, 7) is 8.33. The molecule has 0 atom stereocenters. The number of hydrogen-bond donors (Lipinski definition) is 0. The number of fused-ring (bicyclic) bond motifs is 12. The zero-order chi connectivity index (χ0) is 49.0. The molecule has 0 aliphatic rings. The molecule has 342 valence electrons. The summed E-state index contributed by atoms with van der Waals surface area (Å²) in [4.78, 5) is 3.95. The maximum Gasteiger partial charge on any atom is 0.206 e. The van der Waals surface area contributed by atoms with Gasteiger partial charge in [0.2, 0.25) is 5.69 Å². The number of nitrogens with zero attached hydrogens (tertiary/aromatic N) is 6. The van der Waals surface area contributed by atoms with Crippen LogP contribution in [0, 0.1) is 17.9 Å². The largest absolute Gasteiger partial charge is 0.309 e. The van der Waals surface area contributed by atoms with E-state index in [1.54, 1.807) is 0 Å². The van der Waals surface area contributed by atoms with Gasteiger partial charge in [0.1, 0.15) is 0 Å². The van der Waals surface area contributed by atoms with Crippen LogP contribution in [0.5, 0.6) is 0 Å². The zero-order valence-corrected chi connectivity index (χ0v) is 39.8. The van der Waals surface area contributed by atoms with E-state index in [1.165, 1.54) is 32.6 Å². The van der Waals surface area contributed by atoms with E-state index >= 15 is 0 Å². The van der Waals surface area contributed by atoms with Crippen LogP contribution in [0.3, 0.4) is 0 Å². The molecule has 15 aromatic rings. The fourth-order valence-electron chi connectivity index (χ4n) is 11.9. The first-order chi connectivity index (χ1) is 36.6. The average molecular weight is 941 g/mol.